The number of carboxylic acid groups (broad SMARTS) is 1. The predicted octanol–water partition coefficient (Wildman–Crippen LogP) is 2.13. The molecule has 108 valence electrons. The van der Waals surface area contributed by atoms with Gasteiger partial charge in [0.2, 0.25) is 0 Å². The lowest BCUT2D eigenvalue weighted by Crippen LogP contribution is -2.31. The Morgan fingerprint density at radius 1 is 1.43 bits per heavy atom. The van der Waals surface area contributed by atoms with Gasteiger partial charge in [0.05, 0.1) is 22.3 Å². The van der Waals surface area contributed by atoms with Gasteiger partial charge in [-0.2, -0.15) is 0 Å². The summed E-state index contributed by atoms with van der Waals surface area (Å²) in [7, 11) is 0. The second-order valence-electron chi connectivity index (χ2n) is 4.44. The second kappa shape index (κ2) is 5.14. The fourth-order valence-electron chi connectivity index (χ4n) is 2.09. The van der Waals surface area contributed by atoms with Crippen LogP contribution >= 0.6 is 11.6 Å². The highest BCUT2D eigenvalue weighted by molar-refractivity contribution is 6.30. The number of aliphatic carboxylic acids is 1. The lowest BCUT2D eigenvalue weighted by atomic mass is 10.1. The molecule has 0 radical (unpaired) electrons. The van der Waals surface area contributed by atoms with Crippen molar-refractivity contribution in [2.75, 3.05) is 0 Å². The van der Waals surface area contributed by atoms with Crippen LogP contribution in [0.4, 0.5) is 4.39 Å². The normalized spacial score (nSPS) is 19.5. The number of dihydropyridines is 1. The first-order chi connectivity index (χ1) is 10.0. The highest BCUT2D eigenvalue weighted by atomic mass is 35.5. The highest BCUT2D eigenvalue weighted by Gasteiger charge is 2.28. The zero-order valence-electron chi connectivity index (χ0n) is 10.6. The molecule has 2 heterocycles. The lowest BCUT2D eigenvalue weighted by molar-refractivity contribution is -0.132. The van der Waals surface area contributed by atoms with Crippen LogP contribution in [-0.2, 0) is 4.79 Å². The molecule has 0 fully saturated rings. The number of nitrogens with one attached hydrogen (secondary N) is 2. The SMILES string of the molecule is O=C(O)C1=C2NC(Oc3ccc(Cl)c(F)c3)=CC2NC=C1. The van der Waals surface area contributed by atoms with Crippen molar-refractivity contribution in [1.82, 2.24) is 10.6 Å². The first-order valence-electron chi connectivity index (χ1n) is 6.06. The van der Waals surface area contributed by atoms with Crippen LogP contribution in [0.3, 0.4) is 0 Å². The monoisotopic (exact) mass is 308 g/mol. The molecule has 1 aromatic rings. The third-order valence-electron chi connectivity index (χ3n) is 3.05. The van der Waals surface area contributed by atoms with Crippen LogP contribution in [0.2, 0.25) is 5.02 Å². The molecule has 1 unspecified atom stereocenters. The van der Waals surface area contributed by atoms with Crippen molar-refractivity contribution >= 4 is 17.6 Å². The Labute approximate surface area is 124 Å². The van der Waals surface area contributed by atoms with Gasteiger partial charge in [0.1, 0.15) is 11.6 Å². The van der Waals surface area contributed by atoms with Crippen LogP contribution in [0.25, 0.3) is 0 Å². The molecular formula is C14H10ClFN2O3. The fraction of sp³-hybridized carbons (Fsp3) is 0.0714. The van der Waals surface area contributed by atoms with Crippen LogP contribution in [0.15, 0.2) is 53.7 Å². The summed E-state index contributed by atoms with van der Waals surface area (Å²) in [6.45, 7) is 0. The Kier molecular flexibility index (Phi) is 3.31. The number of rotatable bonds is 3. The van der Waals surface area contributed by atoms with Crippen molar-refractivity contribution in [2.24, 2.45) is 0 Å². The topological polar surface area (TPSA) is 70.6 Å². The number of halogens is 2. The Balaban J connectivity index is 1.82. The maximum Gasteiger partial charge on any atom is 0.337 e. The highest BCUT2D eigenvalue weighted by Crippen LogP contribution is 2.26. The van der Waals surface area contributed by atoms with E-state index in [4.69, 9.17) is 21.4 Å². The average molecular weight is 309 g/mol. The lowest BCUT2D eigenvalue weighted by Gasteiger charge is -2.17. The number of ether oxygens (including phenoxy) is 1. The average Bonchev–Trinajstić information content (AvgIpc) is 2.84. The van der Waals surface area contributed by atoms with Gasteiger partial charge in [-0.15, -0.1) is 0 Å². The minimum Gasteiger partial charge on any atom is -0.478 e. The van der Waals surface area contributed by atoms with E-state index < -0.39 is 11.8 Å². The van der Waals surface area contributed by atoms with Gasteiger partial charge >= 0.3 is 5.97 Å². The summed E-state index contributed by atoms with van der Waals surface area (Å²) < 4.78 is 18.8. The van der Waals surface area contributed by atoms with E-state index in [1.165, 1.54) is 18.2 Å². The Hall–Kier alpha value is -2.47. The van der Waals surface area contributed by atoms with Gasteiger partial charge in [0.15, 0.2) is 5.88 Å². The van der Waals surface area contributed by atoms with Gasteiger partial charge in [-0.3, -0.25) is 0 Å². The molecule has 0 bridgehead atoms. The molecule has 2 aliphatic heterocycles. The van der Waals surface area contributed by atoms with Gasteiger partial charge in [-0.1, -0.05) is 11.6 Å². The molecule has 0 aliphatic carbocycles. The van der Waals surface area contributed by atoms with Gasteiger partial charge in [0.25, 0.3) is 0 Å². The molecular weight excluding hydrogens is 299 g/mol. The summed E-state index contributed by atoms with van der Waals surface area (Å²) in [5.41, 5.74) is 0.630. The molecule has 7 heteroatoms. The fourth-order valence-corrected chi connectivity index (χ4v) is 2.21. The van der Waals surface area contributed by atoms with Crippen molar-refractivity contribution < 1.29 is 19.0 Å². The summed E-state index contributed by atoms with van der Waals surface area (Å²) in [6, 6.07) is 3.75. The zero-order valence-corrected chi connectivity index (χ0v) is 11.3. The van der Waals surface area contributed by atoms with Crippen LogP contribution in [0, 0.1) is 5.82 Å². The van der Waals surface area contributed by atoms with Crippen LogP contribution in [0.1, 0.15) is 0 Å². The molecule has 3 rings (SSSR count). The number of hydrogen-bond donors (Lipinski definition) is 3. The van der Waals surface area contributed by atoms with E-state index in [9.17, 15) is 9.18 Å². The molecule has 1 aromatic carbocycles. The summed E-state index contributed by atoms with van der Waals surface area (Å²) in [4.78, 5) is 11.1. The molecule has 0 saturated carbocycles. The van der Waals surface area contributed by atoms with Crippen molar-refractivity contribution in [3.63, 3.8) is 0 Å². The molecule has 0 aromatic heterocycles. The largest absolute Gasteiger partial charge is 0.478 e. The quantitative estimate of drug-likeness (QED) is 0.798. The van der Waals surface area contributed by atoms with E-state index in [0.29, 0.717) is 11.6 Å². The third-order valence-corrected chi connectivity index (χ3v) is 3.36. The Bertz CT molecular complexity index is 712. The van der Waals surface area contributed by atoms with Gasteiger partial charge in [-0.25, -0.2) is 9.18 Å². The maximum absolute atomic E-state index is 13.4. The Morgan fingerprint density at radius 2 is 2.24 bits per heavy atom. The standard InChI is InChI=1S/C14H10ClFN2O3/c15-9-2-1-7(5-10(9)16)21-12-6-11-13(18-12)8(14(19)20)3-4-17-11/h1-6,11,17-18H,(H,19,20). The van der Waals surface area contributed by atoms with E-state index in [1.807, 2.05) is 0 Å². The van der Waals surface area contributed by atoms with Gasteiger partial charge < -0.3 is 20.5 Å². The molecule has 3 N–H and O–H groups in total. The summed E-state index contributed by atoms with van der Waals surface area (Å²) in [5.74, 6) is -1.03. The first kappa shape index (κ1) is 13.5. The molecule has 1 atom stereocenters. The van der Waals surface area contributed by atoms with Crippen molar-refractivity contribution in [3.8, 4) is 5.75 Å². The summed E-state index contributed by atoms with van der Waals surface area (Å²) >= 11 is 5.60. The second-order valence-corrected chi connectivity index (χ2v) is 4.85. The van der Waals surface area contributed by atoms with Crippen LogP contribution in [0.5, 0.6) is 5.75 Å². The van der Waals surface area contributed by atoms with Crippen molar-refractivity contribution in [2.45, 2.75) is 6.04 Å². The summed E-state index contributed by atoms with van der Waals surface area (Å²) in [5, 5.41) is 15.0. The maximum atomic E-state index is 13.4. The van der Waals surface area contributed by atoms with Crippen LogP contribution in [-0.4, -0.2) is 17.1 Å². The zero-order chi connectivity index (χ0) is 15.0. The van der Waals surface area contributed by atoms with Gasteiger partial charge in [-0.05, 0) is 24.4 Å². The molecule has 0 spiro atoms. The number of hydrogen-bond acceptors (Lipinski definition) is 4. The van der Waals surface area contributed by atoms with Gasteiger partial charge in [0, 0.05) is 12.1 Å². The van der Waals surface area contributed by atoms with Crippen LogP contribution < -0.4 is 15.4 Å². The number of carbonyl (C=O) groups is 1. The molecule has 21 heavy (non-hydrogen) atoms. The first-order valence-corrected chi connectivity index (χ1v) is 6.44. The Morgan fingerprint density at radius 3 is 2.95 bits per heavy atom. The number of carboxylic acids is 1. The van der Waals surface area contributed by atoms with E-state index in [1.54, 1.807) is 12.3 Å². The molecule has 0 amide bonds. The smallest absolute Gasteiger partial charge is 0.337 e. The number of fused-ring (bicyclic) bond motifs is 1. The molecule has 0 saturated heterocycles. The van der Waals surface area contributed by atoms with E-state index in [0.717, 1.165) is 6.07 Å². The van der Waals surface area contributed by atoms with Crippen molar-refractivity contribution in [1.29, 1.82) is 0 Å². The van der Waals surface area contributed by atoms with Crippen molar-refractivity contribution in [3.05, 3.63) is 64.5 Å². The minimum absolute atomic E-state index is 0.00567. The van der Waals surface area contributed by atoms with E-state index in [-0.39, 0.29) is 22.4 Å². The number of benzene rings is 1. The van der Waals surface area contributed by atoms with E-state index in [2.05, 4.69) is 10.6 Å². The minimum atomic E-state index is -1.03. The predicted molar refractivity (Wildman–Crippen MR) is 74.0 cm³/mol. The van der Waals surface area contributed by atoms with E-state index >= 15 is 0 Å². The summed E-state index contributed by atoms with van der Waals surface area (Å²) in [6.07, 6.45) is 4.69. The molecule has 5 nitrogen and oxygen atoms in total. The molecule has 2 aliphatic rings. The third kappa shape index (κ3) is 2.57.